The summed E-state index contributed by atoms with van der Waals surface area (Å²) in [7, 11) is 0. The molecule has 0 aliphatic carbocycles. The van der Waals surface area contributed by atoms with Crippen LogP contribution in [0.1, 0.15) is 25.2 Å². The van der Waals surface area contributed by atoms with E-state index in [1.54, 1.807) is 12.1 Å². The molecule has 0 bridgehead atoms. The lowest BCUT2D eigenvalue weighted by Crippen LogP contribution is -2.43. The second kappa shape index (κ2) is 13.2. The summed E-state index contributed by atoms with van der Waals surface area (Å²) in [5.41, 5.74) is 3.60. The highest BCUT2D eigenvalue weighted by Crippen LogP contribution is 2.35. The maximum Gasteiger partial charge on any atom is 0.243 e. The first kappa shape index (κ1) is 30.0. The van der Waals surface area contributed by atoms with Gasteiger partial charge in [-0.1, -0.05) is 17.7 Å². The van der Waals surface area contributed by atoms with Crippen molar-refractivity contribution in [1.29, 1.82) is 0 Å². The summed E-state index contributed by atoms with van der Waals surface area (Å²) < 4.78 is 33.3. The number of anilines is 3. The second-order valence-electron chi connectivity index (χ2n) is 10.1. The van der Waals surface area contributed by atoms with Gasteiger partial charge < -0.3 is 30.2 Å². The van der Waals surface area contributed by atoms with Crippen LogP contribution in [0.25, 0.3) is 22.8 Å². The molecule has 5 heterocycles. The average molecular weight is 607 g/mol. The van der Waals surface area contributed by atoms with Gasteiger partial charge in [-0.2, -0.15) is 4.98 Å². The Hall–Kier alpha value is -4.48. The molecule has 0 radical (unpaired) electrons. The van der Waals surface area contributed by atoms with E-state index in [4.69, 9.17) is 16.3 Å². The molecule has 1 aliphatic rings. The number of nitrogens with one attached hydrogen (secondary N) is 4. The summed E-state index contributed by atoms with van der Waals surface area (Å²) in [4.78, 5) is 21.1. The summed E-state index contributed by atoms with van der Waals surface area (Å²) >= 11 is 6.45. The van der Waals surface area contributed by atoms with Crippen LogP contribution in [0.3, 0.4) is 0 Å². The molecule has 0 amide bonds. The molecule has 1 fully saturated rings. The van der Waals surface area contributed by atoms with E-state index < -0.39 is 5.82 Å². The number of hydrogen-bond donors (Lipinski definition) is 4. The second-order valence-corrected chi connectivity index (χ2v) is 10.5. The van der Waals surface area contributed by atoms with E-state index in [1.807, 2.05) is 51.2 Å². The smallest absolute Gasteiger partial charge is 0.243 e. The van der Waals surface area contributed by atoms with Crippen molar-refractivity contribution >= 4 is 51.7 Å². The summed E-state index contributed by atoms with van der Waals surface area (Å²) in [6.45, 7) is 10.9. The fourth-order valence-electron chi connectivity index (χ4n) is 4.80. The number of benzene rings is 1. The Bertz CT molecular complexity index is 1840. The van der Waals surface area contributed by atoms with Crippen molar-refractivity contribution in [2.45, 2.75) is 27.7 Å². The molecule has 224 valence electrons. The first-order valence-corrected chi connectivity index (χ1v) is 14.2. The number of piperazine rings is 1. The van der Waals surface area contributed by atoms with Crippen LogP contribution in [0, 0.1) is 19.7 Å². The van der Waals surface area contributed by atoms with Crippen LogP contribution >= 0.6 is 11.6 Å². The molecular formula is C31H33ClF2N8O. The number of ether oxygens (including phenoxy) is 1. The van der Waals surface area contributed by atoms with Crippen molar-refractivity contribution in [2.75, 3.05) is 36.4 Å². The van der Waals surface area contributed by atoms with Crippen molar-refractivity contribution in [2.24, 2.45) is 0 Å². The van der Waals surface area contributed by atoms with Gasteiger partial charge >= 0.3 is 0 Å². The van der Waals surface area contributed by atoms with E-state index in [0.29, 0.717) is 27.8 Å². The van der Waals surface area contributed by atoms with Crippen molar-refractivity contribution in [1.82, 2.24) is 30.2 Å². The molecule has 1 aromatic carbocycles. The lowest BCUT2D eigenvalue weighted by atomic mass is 10.2. The third kappa shape index (κ3) is 6.95. The Morgan fingerprint density at radius 1 is 1.05 bits per heavy atom. The van der Waals surface area contributed by atoms with Gasteiger partial charge in [-0.15, -0.1) is 0 Å². The molecule has 0 spiro atoms. The fraction of sp³-hybridized carbons (Fsp3) is 0.258. The number of nitrogens with zero attached hydrogens (tertiary/aromatic N) is 4. The van der Waals surface area contributed by atoms with Crippen LogP contribution in [0.5, 0.6) is 11.6 Å². The molecule has 4 aromatic heterocycles. The highest BCUT2D eigenvalue weighted by molar-refractivity contribution is 6.34. The van der Waals surface area contributed by atoms with Gasteiger partial charge in [0.05, 0.1) is 11.9 Å². The maximum absolute atomic E-state index is 14.9. The van der Waals surface area contributed by atoms with Crippen LogP contribution in [0.15, 0.2) is 48.9 Å². The highest BCUT2D eigenvalue weighted by atomic mass is 35.5. The molecular weight excluding hydrogens is 574 g/mol. The Balaban J connectivity index is 0.000000283. The number of aryl methyl sites for hydroxylation is 2. The van der Waals surface area contributed by atoms with Gasteiger partial charge in [-0.05, 0) is 64.1 Å². The monoisotopic (exact) mass is 606 g/mol. The average Bonchev–Trinajstić information content (AvgIpc) is 3.59. The SMILES string of the molecule is C/C=c1/[nH]c(C)c/c1=C(/C)F.Cc1cc2c(F)c(Oc3ncnc(Nc4ccc(N5CCNCC5)cn4)c3Cl)ccc2[nH]1. The van der Waals surface area contributed by atoms with Crippen LogP contribution < -0.4 is 30.8 Å². The molecule has 6 rings (SSSR count). The van der Waals surface area contributed by atoms with E-state index in [0.717, 1.165) is 48.6 Å². The minimum atomic E-state index is -0.485. The number of fused-ring (bicyclic) bond motifs is 1. The number of rotatable bonds is 5. The molecule has 12 heteroatoms. The molecule has 0 atom stereocenters. The van der Waals surface area contributed by atoms with Gasteiger partial charge in [0, 0.05) is 59.0 Å². The van der Waals surface area contributed by atoms with Crippen molar-refractivity contribution < 1.29 is 13.5 Å². The van der Waals surface area contributed by atoms with Crippen LogP contribution in [0.2, 0.25) is 5.02 Å². The predicted octanol–water partition coefficient (Wildman–Crippen LogP) is 5.62. The van der Waals surface area contributed by atoms with Crippen molar-refractivity contribution in [3.05, 3.63) is 81.7 Å². The maximum atomic E-state index is 14.9. The molecule has 43 heavy (non-hydrogen) atoms. The topological polar surface area (TPSA) is 107 Å². The van der Waals surface area contributed by atoms with E-state index in [2.05, 4.69) is 40.5 Å². The van der Waals surface area contributed by atoms with Crippen molar-refractivity contribution in [3.63, 3.8) is 0 Å². The molecule has 1 saturated heterocycles. The zero-order valence-electron chi connectivity index (χ0n) is 24.4. The standard InChI is InChI=1S/C22H21ClFN7O.C9H12FN/c1-13-10-15-16(29-13)3-4-17(20(15)24)32-22-19(23)21(27-12-28-22)30-18-5-2-14(11-26-18)31-8-6-25-7-9-31;1-4-9-8(7(3)10)5-6(2)11-9/h2-5,10-12,25,29H,6-9H2,1H3,(H,26,27,28,30);4-5,11H,1-3H3/b;8-7+,9-4+. The third-order valence-corrected chi connectivity index (χ3v) is 7.26. The van der Waals surface area contributed by atoms with Crippen molar-refractivity contribution in [3.8, 4) is 11.6 Å². The first-order valence-electron chi connectivity index (χ1n) is 13.9. The first-order chi connectivity index (χ1) is 20.7. The summed E-state index contributed by atoms with van der Waals surface area (Å²) in [5, 5.41) is 8.51. The molecule has 0 saturated carbocycles. The van der Waals surface area contributed by atoms with Gasteiger partial charge in [-0.3, -0.25) is 0 Å². The molecule has 1 aliphatic heterocycles. The molecule has 9 nitrogen and oxygen atoms in total. The van der Waals surface area contributed by atoms with Crippen LogP contribution in [0.4, 0.5) is 26.1 Å². The zero-order chi connectivity index (χ0) is 30.5. The summed E-state index contributed by atoms with van der Waals surface area (Å²) in [5.74, 6) is 0.348. The van der Waals surface area contributed by atoms with E-state index in [-0.39, 0.29) is 22.5 Å². The Kier molecular flexibility index (Phi) is 9.22. The lowest BCUT2D eigenvalue weighted by molar-refractivity contribution is 0.430. The van der Waals surface area contributed by atoms with Gasteiger partial charge in [0.1, 0.15) is 23.0 Å². The Labute approximate surface area is 252 Å². The molecule has 4 N–H and O–H groups in total. The Morgan fingerprint density at radius 3 is 2.49 bits per heavy atom. The van der Waals surface area contributed by atoms with Crippen LogP contribution in [-0.4, -0.2) is 51.1 Å². The minimum Gasteiger partial charge on any atom is -0.434 e. The van der Waals surface area contributed by atoms with E-state index >= 15 is 0 Å². The van der Waals surface area contributed by atoms with Crippen LogP contribution in [-0.2, 0) is 0 Å². The molecule has 0 unspecified atom stereocenters. The van der Waals surface area contributed by atoms with Gasteiger partial charge in [-0.25, -0.2) is 18.7 Å². The Morgan fingerprint density at radius 2 is 1.81 bits per heavy atom. The number of pyridine rings is 1. The number of hydrogen-bond acceptors (Lipinski definition) is 7. The quantitative estimate of drug-likeness (QED) is 0.206. The highest BCUT2D eigenvalue weighted by Gasteiger charge is 2.17. The molecule has 5 aromatic rings. The minimum absolute atomic E-state index is 0.0292. The summed E-state index contributed by atoms with van der Waals surface area (Å²) in [6, 6.07) is 10.7. The third-order valence-electron chi connectivity index (χ3n) is 6.92. The number of aromatic amines is 2. The normalized spacial score (nSPS) is 14.4. The van der Waals surface area contributed by atoms with Gasteiger partial charge in [0.15, 0.2) is 17.4 Å². The fourth-order valence-corrected chi connectivity index (χ4v) is 4.98. The zero-order valence-corrected chi connectivity index (χ0v) is 25.1. The predicted molar refractivity (Wildman–Crippen MR) is 168 cm³/mol. The largest absolute Gasteiger partial charge is 0.434 e. The summed E-state index contributed by atoms with van der Waals surface area (Å²) in [6.07, 6.45) is 4.98. The number of halogens is 3. The lowest BCUT2D eigenvalue weighted by Gasteiger charge is -2.29. The van der Waals surface area contributed by atoms with E-state index in [1.165, 1.54) is 19.3 Å². The van der Waals surface area contributed by atoms with Gasteiger partial charge in [0.25, 0.3) is 0 Å². The number of aromatic nitrogens is 5. The van der Waals surface area contributed by atoms with Gasteiger partial charge in [0.2, 0.25) is 5.88 Å². The van der Waals surface area contributed by atoms with E-state index in [9.17, 15) is 8.78 Å². The number of H-pyrrole nitrogens is 2.